The Balaban J connectivity index is 2.07. The van der Waals surface area contributed by atoms with Gasteiger partial charge in [-0.1, -0.05) is 13.8 Å². The molecule has 0 radical (unpaired) electrons. The first kappa shape index (κ1) is 13.1. The number of hydrogen-bond donors (Lipinski definition) is 1. The fourth-order valence-electron chi connectivity index (χ4n) is 4.03. The van der Waals surface area contributed by atoms with Crippen LogP contribution in [0.2, 0.25) is 0 Å². The van der Waals surface area contributed by atoms with Crippen LogP contribution in [0.25, 0.3) is 0 Å². The largest absolute Gasteiger partial charge is 0.393 e. The monoisotopic (exact) mass is 338 g/mol. The van der Waals surface area contributed by atoms with Crippen LogP contribution >= 0.6 is 22.6 Å². The molecule has 0 aliphatic heterocycles. The quantitative estimate of drug-likeness (QED) is 0.630. The van der Waals surface area contributed by atoms with Gasteiger partial charge in [0.05, 0.1) is 12.7 Å². The highest BCUT2D eigenvalue weighted by molar-refractivity contribution is 14.1. The van der Waals surface area contributed by atoms with Gasteiger partial charge in [-0.3, -0.25) is 0 Å². The topological polar surface area (TPSA) is 29.5 Å². The van der Waals surface area contributed by atoms with Gasteiger partial charge >= 0.3 is 0 Å². The number of halogens is 1. The number of alkyl halides is 1. The van der Waals surface area contributed by atoms with Crippen LogP contribution in [-0.2, 0) is 4.74 Å². The Hall–Kier alpha value is 0.650. The normalized spacial score (nSPS) is 45.9. The van der Waals surface area contributed by atoms with Gasteiger partial charge in [0.1, 0.15) is 4.11 Å². The highest BCUT2D eigenvalue weighted by Gasteiger charge is 2.56. The van der Waals surface area contributed by atoms with Crippen molar-refractivity contribution in [2.45, 2.75) is 50.2 Å². The number of ether oxygens (including phenoxy) is 1. The molecule has 0 spiro atoms. The Morgan fingerprint density at radius 3 is 2.69 bits per heavy atom. The Morgan fingerprint density at radius 1 is 1.50 bits per heavy atom. The summed E-state index contributed by atoms with van der Waals surface area (Å²) < 4.78 is 5.89. The Labute approximate surface area is 112 Å². The van der Waals surface area contributed by atoms with E-state index in [1.165, 1.54) is 19.3 Å². The fraction of sp³-hybridized carbons (Fsp3) is 1.00. The van der Waals surface area contributed by atoms with Crippen molar-refractivity contribution in [3.63, 3.8) is 0 Å². The van der Waals surface area contributed by atoms with E-state index in [9.17, 15) is 0 Å². The van der Waals surface area contributed by atoms with Gasteiger partial charge in [0.2, 0.25) is 0 Å². The summed E-state index contributed by atoms with van der Waals surface area (Å²) in [6.45, 7) is 7.10. The molecule has 2 nitrogen and oxygen atoms in total. The SMILES string of the molecule is CC(OC(I)CO)C1(C)C2CCC(C2)C1C. The molecule has 1 N–H and O–H groups in total. The first-order chi connectivity index (χ1) is 7.50. The zero-order valence-electron chi connectivity index (χ0n) is 10.4. The van der Waals surface area contributed by atoms with Gasteiger partial charge in [0, 0.05) is 0 Å². The Bertz CT molecular complexity index is 254. The summed E-state index contributed by atoms with van der Waals surface area (Å²) in [6, 6.07) is 0. The highest BCUT2D eigenvalue weighted by atomic mass is 127. The molecule has 0 aromatic rings. The van der Waals surface area contributed by atoms with Crippen molar-refractivity contribution in [1.29, 1.82) is 0 Å². The van der Waals surface area contributed by atoms with Crippen molar-refractivity contribution in [2.24, 2.45) is 23.2 Å². The lowest BCUT2D eigenvalue weighted by molar-refractivity contribution is -0.0864. The van der Waals surface area contributed by atoms with Gasteiger partial charge in [-0.05, 0) is 71.9 Å². The van der Waals surface area contributed by atoms with Gasteiger partial charge in [-0.15, -0.1) is 0 Å². The lowest BCUT2D eigenvalue weighted by Gasteiger charge is -2.44. The molecule has 0 amide bonds. The van der Waals surface area contributed by atoms with Crippen LogP contribution in [0.1, 0.15) is 40.0 Å². The molecule has 3 heteroatoms. The number of aliphatic hydroxyl groups is 1. The van der Waals surface area contributed by atoms with Gasteiger partial charge in [-0.25, -0.2) is 0 Å². The van der Waals surface area contributed by atoms with Crippen molar-refractivity contribution in [1.82, 2.24) is 0 Å². The summed E-state index contributed by atoms with van der Waals surface area (Å²) >= 11 is 2.18. The van der Waals surface area contributed by atoms with Crippen LogP contribution in [0.5, 0.6) is 0 Å². The molecule has 0 saturated heterocycles. The Morgan fingerprint density at radius 2 is 2.19 bits per heavy atom. The van der Waals surface area contributed by atoms with Gasteiger partial charge < -0.3 is 9.84 Å². The number of fused-ring (bicyclic) bond motifs is 2. The van der Waals surface area contributed by atoms with Gasteiger partial charge in [0.15, 0.2) is 0 Å². The highest BCUT2D eigenvalue weighted by Crippen LogP contribution is 2.61. The lowest BCUT2D eigenvalue weighted by atomic mass is 9.65. The summed E-state index contributed by atoms with van der Waals surface area (Å²) in [7, 11) is 0. The van der Waals surface area contributed by atoms with E-state index in [4.69, 9.17) is 9.84 Å². The van der Waals surface area contributed by atoms with Crippen LogP contribution in [-0.4, -0.2) is 21.9 Å². The number of aliphatic hydroxyl groups excluding tert-OH is 1. The predicted octanol–water partition coefficient (Wildman–Crippen LogP) is 3.22. The summed E-state index contributed by atoms with van der Waals surface area (Å²) in [5, 5.41) is 9.08. The summed E-state index contributed by atoms with van der Waals surface area (Å²) in [5.41, 5.74) is 0.321. The molecule has 2 aliphatic rings. The van der Waals surface area contributed by atoms with Gasteiger partial charge in [0.25, 0.3) is 0 Å². The molecule has 2 aliphatic carbocycles. The van der Waals surface area contributed by atoms with Crippen molar-refractivity contribution in [2.75, 3.05) is 6.61 Å². The maximum Gasteiger partial charge on any atom is 0.132 e. The molecular weight excluding hydrogens is 315 g/mol. The van der Waals surface area contributed by atoms with E-state index < -0.39 is 0 Å². The second-order valence-corrected chi connectivity index (χ2v) is 7.19. The van der Waals surface area contributed by atoms with Crippen LogP contribution in [0.4, 0.5) is 0 Å². The molecule has 2 saturated carbocycles. The first-order valence-electron chi connectivity index (χ1n) is 6.40. The maximum absolute atomic E-state index is 9.08. The minimum atomic E-state index is -0.0595. The maximum atomic E-state index is 9.08. The molecule has 0 aromatic heterocycles. The van der Waals surface area contributed by atoms with E-state index in [-0.39, 0.29) is 16.8 Å². The molecule has 16 heavy (non-hydrogen) atoms. The third-order valence-electron chi connectivity index (χ3n) is 5.41. The molecular formula is C13H23IO2. The molecule has 94 valence electrons. The van der Waals surface area contributed by atoms with Crippen LogP contribution in [0, 0.1) is 23.2 Å². The van der Waals surface area contributed by atoms with E-state index >= 15 is 0 Å². The standard InChI is InChI=1S/C13H23IO2/c1-8-10-4-5-11(6-10)13(8,3)9(2)16-12(14)7-15/h8-12,15H,4-7H2,1-3H3. The minimum absolute atomic E-state index is 0.0595. The zero-order chi connectivity index (χ0) is 11.9. The fourth-order valence-corrected chi connectivity index (χ4v) is 4.47. The first-order valence-corrected chi connectivity index (χ1v) is 7.65. The molecule has 0 heterocycles. The molecule has 6 atom stereocenters. The second kappa shape index (κ2) is 4.73. The molecule has 0 aromatic carbocycles. The third kappa shape index (κ3) is 1.93. The van der Waals surface area contributed by atoms with Crippen LogP contribution in [0.3, 0.4) is 0 Å². The van der Waals surface area contributed by atoms with E-state index in [0.717, 1.165) is 17.8 Å². The van der Waals surface area contributed by atoms with Crippen molar-refractivity contribution < 1.29 is 9.84 Å². The second-order valence-electron chi connectivity index (χ2n) is 5.80. The summed E-state index contributed by atoms with van der Waals surface area (Å²) in [4.78, 5) is 0. The molecule has 2 rings (SSSR count). The van der Waals surface area contributed by atoms with Crippen molar-refractivity contribution in [3.05, 3.63) is 0 Å². The molecule has 2 bridgehead atoms. The van der Waals surface area contributed by atoms with Gasteiger partial charge in [-0.2, -0.15) is 0 Å². The minimum Gasteiger partial charge on any atom is -0.393 e. The average Bonchev–Trinajstić information content (AvgIpc) is 2.82. The lowest BCUT2D eigenvalue weighted by Crippen LogP contribution is -2.43. The van der Waals surface area contributed by atoms with E-state index in [1.54, 1.807) is 0 Å². The van der Waals surface area contributed by atoms with Crippen LogP contribution in [0.15, 0.2) is 0 Å². The van der Waals surface area contributed by atoms with Crippen molar-refractivity contribution in [3.8, 4) is 0 Å². The molecule has 6 unspecified atom stereocenters. The van der Waals surface area contributed by atoms with E-state index in [2.05, 4.69) is 43.4 Å². The number of rotatable bonds is 4. The average molecular weight is 338 g/mol. The van der Waals surface area contributed by atoms with Crippen molar-refractivity contribution >= 4 is 22.6 Å². The van der Waals surface area contributed by atoms with E-state index in [0.29, 0.717) is 5.41 Å². The van der Waals surface area contributed by atoms with Crippen LogP contribution < -0.4 is 0 Å². The number of hydrogen-bond acceptors (Lipinski definition) is 2. The third-order valence-corrected chi connectivity index (χ3v) is 6.10. The molecule has 2 fully saturated rings. The zero-order valence-corrected chi connectivity index (χ0v) is 12.6. The summed E-state index contributed by atoms with van der Waals surface area (Å²) in [6.07, 6.45) is 4.45. The Kier molecular flexibility index (Phi) is 3.87. The van der Waals surface area contributed by atoms with E-state index in [1.807, 2.05) is 0 Å². The smallest absolute Gasteiger partial charge is 0.132 e. The summed E-state index contributed by atoms with van der Waals surface area (Å²) in [5.74, 6) is 2.52. The predicted molar refractivity (Wildman–Crippen MR) is 73.5 cm³/mol.